The second-order valence-electron chi connectivity index (χ2n) is 5.32. The first-order chi connectivity index (χ1) is 9.17. The monoisotopic (exact) mass is 271 g/mol. The lowest BCUT2D eigenvalue weighted by molar-refractivity contribution is -0.141. The van der Waals surface area contributed by atoms with Crippen molar-refractivity contribution in [3.63, 3.8) is 0 Å². The number of methoxy groups -OCH3 is 1. The molecule has 0 N–H and O–H groups in total. The molecular formula is C16H33NO2. The Hall–Kier alpha value is -0.570. The fourth-order valence-corrected chi connectivity index (χ4v) is 2.15. The van der Waals surface area contributed by atoms with Gasteiger partial charge in [0.2, 0.25) is 0 Å². The van der Waals surface area contributed by atoms with E-state index in [9.17, 15) is 4.79 Å². The molecule has 0 heterocycles. The summed E-state index contributed by atoms with van der Waals surface area (Å²) < 4.78 is 5.16. The Bertz CT molecular complexity index is 207. The van der Waals surface area contributed by atoms with E-state index in [4.69, 9.17) is 4.74 Å². The van der Waals surface area contributed by atoms with Crippen LogP contribution in [0.2, 0.25) is 0 Å². The molecular weight excluding hydrogens is 238 g/mol. The van der Waals surface area contributed by atoms with Crippen LogP contribution >= 0.6 is 0 Å². The van der Waals surface area contributed by atoms with E-state index < -0.39 is 0 Å². The number of ether oxygens (including phenoxy) is 1. The van der Waals surface area contributed by atoms with Crippen molar-refractivity contribution < 1.29 is 9.53 Å². The Balaban J connectivity index is 4.09. The molecule has 0 aromatic heterocycles. The highest BCUT2D eigenvalue weighted by molar-refractivity contribution is 5.80. The van der Waals surface area contributed by atoms with Gasteiger partial charge in [-0.1, -0.05) is 52.4 Å². The molecule has 0 aliphatic carbocycles. The van der Waals surface area contributed by atoms with Crippen molar-refractivity contribution >= 4 is 5.91 Å². The predicted molar refractivity (Wildman–Crippen MR) is 81.3 cm³/mol. The van der Waals surface area contributed by atoms with E-state index in [1.54, 1.807) is 7.11 Å². The summed E-state index contributed by atoms with van der Waals surface area (Å²) in [5.41, 5.74) is 0. The van der Waals surface area contributed by atoms with Gasteiger partial charge in [0, 0.05) is 20.2 Å². The van der Waals surface area contributed by atoms with Crippen molar-refractivity contribution in [3.8, 4) is 0 Å². The molecule has 0 saturated heterocycles. The number of unbranched alkanes of at least 4 members (excludes halogenated alkanes) is 6. The van der Waals surface area contributed by atoms with Crippen LogP contribution in [0.4, 0.5) is 0 Å². The molecule has 0 aliphatic rings. The molecule has 1 atom stereocenters. The molecule has 1 amide bonds. The summed E-state index contributed by atoms with van der Waals surface area (Å²) in [6, 6.07) is 0. The third-order valence-corrected chi connectivity index (χ3v) is 3.58. The van der Waals surface area contributed by atoms with Crippen LogP contribution in [0, 0.1) is 0 Å². The van der Waals surface area contributed by atoms with Gasteiger partial charge in [-0.05, 0) is 19.8 Å². The second-order valence-corrected chi connectivity index (χ2v) is 5.32. The van der Waals surface area contributed by atoms with E-state index in [0.29, 0.717) is 0 Å². The number of carbonyl (C=O) groups excluding carboxylic acids is 1. The van der Waals surface area contributed by atoms with Crippen LogP contribution < -0.4 is 0 Å². The molecule has 0 aliphatic heterocycles. The summed E-state index contributed by atoms with van der Waals surface area (Å²) in [5.74, 6) is 0.149. The van der Waals surface area contributed by atoms with E-state index >= 15 is 0 Å². The minimum atomic E-state index is -0.308. The van der Waals surface area contributed by atoms with Gasteiger partial charge in [-0.25, -0.2) is 0 Å². The average Bonchev–Trinajstić information content (AvgIpc) is 2.44. The van der Waals surface area contributed by atoms with Gasteiger partial charge in [0.1, 0.15) is 6.10 Å². The maximum absolute atomic E-state index is 12.2. The largest absolute Gasteiger partial charge is 0.372 e. The van der Waals surface area contributed by atoms with Gasteiger partial charge in [-0.15, -0.1) is 0 Å². The minimum Gasteiger partial charge on any atom is -0.372 e. The maximum atomic E-state index is 12.2. The number of amides is 1. The van der Waals surface area contributed by atoms with Gasteiger partial charge in [0.05, 0.1) is 0 Å². The van der Waals surface area contributed by atoms with E-state index in [0.717, 1.165) is 25.9 Å². The Morgan fingerprint density at radius 1 is 0.947 bits per heavy atom. The molecule has 114 valence electrons. The molecule has 0 fully saturated rings. The third-order valence-electron chi connectivity index (χ3n) is 3.58. The highest BCUT2D eigenvalue weighted by atomic mass is 16.5. The molecule has 0 saturated carbocycles. The first kappa shape index (κ1) is 18.4. The third kappa shape index (κ3) is 9.04. The molecule has 0 aromatic carbocycles. The minimum absolute atomic E-state index is 0.149. The summed E-state index contributed by atoms with van der Waals surface area (Å²) >= 11 is 0. The topological polar surface area (TPSA) is 29.5 Å². The number of rotatable bonds is 12. The zero-order valence-electron chi connectivity index (χ0n) is 13.4. The summed E-state index contributed by atoms with van der Waals surface area (Å²) in [5, 5.41) is 0. The fraction of sp³-hybridized carbons (Fsp3) is 0.938. The molecule has 0 spiro atoms. The van der Waals surface area contributed by atoms with Gasteiger partial charge in [-0.3, -0.25) is 4.79 Å². The molecule has 1 unspecified atom stereocenters. The number of hydrogen-bond acceptors (Lipinski definition) is 2. The first-order valence-corrected chi connectivity index (χ1v) is 7.98. The Morgan fingerprint density at radius 2 is 1.42 bits per heavy atom. The number of nitrogens with zero attached hydrogens (tertiary/aromatic N) is 1. The van der Waals surface area contributed by atoms with Gasteiger partial charge >= 0.3 is 0 Å². The Kier molecular flexibility index (Phi) is 12.1. The lowest BCUT2D eigenvalue weighted by Gasteiger charge is -2.25. The quantitative estimate of drug-likeness (QED) is 0.502. The summed E-state index contributed by atoms with van der Waals surface area (Å²) in [6.45, 7) is 8.03. The van der Waals surface area contributed by atoms with Gasteiger partial charge < -0.3 is 9.64 Å². The number of carbonyl (C=O) groups is 1. The Morgan fingerprint density at radius 3 is 1.79 bits per heavy atom. The normalized spacial score (nSPS) is 12.4. The van der Waals surface area contributed by atoms with Crippen molar-refractivity contribution in [1.82, 2.24) is 4.90 Å². The molecule has 3 heteroatoms. The van der Waals surface area contributed by atoms with E-state index in [2.05, 4.69) is 13.8 Å². The van der Waals surface area contributed by atoms with Crippen molar-refractivity contribution in [2.75, 3.05) is 20.2 Å². The van der Waals surface area contributed by atoms with Crippen molar-refractivity contribution in [2.45, 2.75) is 78.2 Å². The van der Waals surface area contributed by atoms with E-state index in [1.807, 2.05) is 11.8 Å². The van der Waals surface area contributed by atoms with E-state index in [-0.39, 0.29) is 12.0 Å². The lowest BCUT2D eigenvalue weighted by Crippen LogP contribution is -2.40. The molecule has 3 nitrogen and oxygen atoms in total. The van der Waals surface area contributed by atoms with Crippen molar-refractivity contribution in [3.05, 3.63) is 0 Å². The summed E-state index contributed by atoms with van der Waals surface area (Å²) in [4.78, 5) is 14.2. The van der Waals surface area contributed by atoms with Gasteiger partial charge in [0.15, 0.2) is 0 Å². The molecule has 19 heavy (non-hydrogen) atoms. The predicted octanol–water partition coefficient (Wildman–Crippen LogP) is 4.01. The zero-order valence-corrected chi connectivity index (χ0v) is 13.4. The van der Waals surface area contributed by atoms with Crippen molar-refractivity contribution in [2.24, 2.45) is 0 Å². The second kappa shape index (κ2) is 12.5. The molecule has 0 aromatic rings. The van der Waals surface area contributed by atoms with Crippen LogP contribution in [0.1, 0.15) is 72.1 Å². The van der Waals surface area contributed by atoms with Gasteiger partial charge in [0.25, 0.3) is 5.91 Å². The molecule has 0 radical (unpaired) electrons. The smallest absolute Gasteiger partial charge is 0.251 e. The standard InChI is InChI=1S/C16H33NO2/c1-5-7-9-11-13-17(14-12-10-8-6-2)16(18)15(3)19-4/h15H,5-14H2,1-4H3. The summed E-state index contributed by atoms with van der Waals surface area (Å²) in [6.07, 6.45) is 9.35. The highest BCUT2D eigenvalue weighted by Gasteiger charge is 2.19. The summed E-state index contributed by atoms with van der Waals surface area (Å²) in [7, 11) is 1.61. The van der Waals surface area contributed by atoms with Crippen LogP contribution in [0.5, 0.6) is 0 Å². The van der Waals surface area contributed by atoms with Gasteiger partial charge in [-0.2, -0.15) is 0 Å². The fourth-order valence-electron chi connectivity index (χ4n) is 2.15. The Labute approximate surface area is 119 Å². The van der Waals surface area contributed by atoms with Crippen LogP contribution in [-0.2, 0) is 9.53 Å². The highest BCUT2D eigenvalue weighted by Crippen LogP contribution is 2.08. The van der Waals surface area contributed by atoms with Crippen LogP contribution in [0.25, 0.3) is 0 Å². The SMILES string of the molecule is CCCCCCN(CCCCCC)C(=O)C(C)OC. The lowest BCUT2D eigenvalue weighted by atomic mass is 10.1. The molecule has 0 rings (SSSR count). The maximum Gasteiger partial charge on any atom is 0.251 e. The van der Waals surface area contributed by atoms with Crippen molar-refractivity contribution in [1.29, 1.82) is 0 Å². The number of hydrogen-bond donors (Lipinski definition) is 0. The van der Waals surface area contributed by atoms with Crippen LogP contribution in [-0.4, -0.2) is 37.1 Å². The average molecular weight is 271 g/mol. The molecule has 0 bridgehead atoms. The van der Waals surface area contributed by atoms with E-state index in [1.165, 1.54) is 38.5 Å². The van der Waals surface area contributed by atoms with Crippen LogP contribution in [0.3, 0.4) is 0 Å². The zero-order chi connectivity index (χ0) is 14.5. The van der Waals surface area contributed by atoms with Crippen LogP contribution in [0.15, 0.2) is 0 Å². The first-order valence-electron chi connectivity index (χ1n) is 7.98.